The number of nitrogens with zero attached hydrogens (tertiary/aromatic N) is 4. The zero-order valence-corrected chi connectivity index (χ0v) is 15.7. The van der Waals surface area contributed by atoms with Gasteiger partial charge in [0, 0.05) is 19.3 Å². The number of hydrogen-bond donors (Lipinski definition) is 1. The minimum atomic E-state index is -4.38. The number of aryl methyl sites for hydroxylation is 1. The van der Waals surface area contributed by atoms with Crippen LogP contribution in [0.5, 0.6) is 0 Å². The molecule has 0 aliphatic carbocycles. The Labute approximate surface area is 164 Å². The second-order valence-corrected chi connectivity index (χ2v) is 7.28. The monoisotopic (exact) mass is 405 g/mol. The Morgan fingerprint density at radius 2 is 1.97 bits per heavy atom. The zero-order valence-electron chi connectivity index (χ0n) is 15.7. The second-order valence-electron chi connectivity index (χ2n) is 7.28. The standard InChI is InChI=1S/C19H18F3N5O2/c1-11-9-27(10-12-3-5-13(6-4-12)19(20,21)22)14(24-11)15-25-26-17(29-15)18(2)7-8-23-16(18)28/h3-6,9H,7-8,10H2,1-2H3,(H,23,28)/t18-/m1/s1. The average Bonchev–Trinajstić information content (AvgIpc) is 3.35. The van der Waals surface area contributed by atoms with Crippen LogP contribution in [0.25, 0.3) is 11.7 Å². The summed E-state index contributed by atoms with van der Waals surface area (Å²) in [4.78, 5) is 16.5. The van der Waals surface area contributed by atoms with Crippen molar-refractivity contribution in [3.05, 3.63) is 53.2 Å². The summed E-state index contributed by atoms with van der Waals surface area (Å²) in [5.74, 6) is 0.588. The minimum absolute atomic E-state index is 0.154. The lowest BCUT2D eigenvalue weighted by atomic mass is 9.89. The molecule has 1 atom stereocenters. The van der Waals surface area contributed by atoms with Gasteiger partial charge in [0.2, 0.25) is 11.8 Å². The van der Waals surface area contributed by atoms with Crippen LogP contribution in [-0.2, 0) is 22.9 Å². The van der Waals surface area contributed by atoms with Crippen molar-refractivity contribution in [2.24, 2.45) is 0 Å². The van der Waals surface area contributed by atoms with Gasteiger partial charge in [-0.3, -0.25) is 4.79 Å². The first-order valence-corrected chi connectivity index (χ1v) is 8.99. The van der Waals surface area contributed by atoms with Gasteiger partial charge in [-0.15, -0.1) is 10.2 Å². The van der Waals surface area contributed by atoms with E-state index in [0.29, 0.717) is 30.0 Å². The van der Waals surface area contributed by atoms with E-state index in [1.165, 1.54) is 12.1 Å². The van der Waals surface area contributed by atoms with Crippen molar-refractivity contribution in [1.29, 1.82) is 0 Å². The maximum absolute atomic E-state index is 12.8. The Hall–Kier alpha value is -3.17. The Balaban J connectivity index is 1.62. The summed E-state index contributed by atoms with van der Waals surface area (Å²) in [6, 6.07) is 4.93. The van der Waals surface area contributed by atoms with Crippen LogP contribution in [0.15, 0.2) is 34.9 Å². The molecular weight excluding hydrogens is 387 g/mol. The number of aromatic nitrogens is 4. The number of amides is 1. The maximum Gasteiger partial charge on any atom is 0.416 e. The van der Waals surface area contributed by atoms with Crippen molar-refractivity contribution >= 4 is 5.91 Å². The molecule has 1 amide bonds. The molecule has 0 saturated carbocycles. The first kappa shape index (κ1) is 19.2. The molecule has 2 aromatic heterocycles. The topological polar surface area (TPSA) is 85.8 Å². The highest BCUT2D eigenvalue weighted by Gasteiger charge is 2.44. The first-order valence-electron chi connectivity index (χ1n) is 8.99. The van der Waals surface area contributed by atoms with Gasteiger partial charge in [-0.2, -0.15) is 13.2 Å². The van der Waals surface area contributed by atoms with Crippen molar-refractivity contribution in [2.45, 2.75) is 38.4 Å². The Morgan fingerprint density at radius 3 is 2.59 bits per heavy atom. The molecule has 152 valence electrons. The van der Waals surface area contributed by atoms with Crippen molar-refractivity contribution in [3.63, 3.8) is 0 Å². The molecule has 7 nitrogen and oxygen atoms in total. The fourth-order valence-electron chi connectivity index (χ4n) is 3.31. The summed E-state index contributed by atoms with van der Waals surface area (Å²) in [6.07, 6.45) is -2.08. The van der Waals surface area contributed by atoms with E-state index in [9.17, 15) is 18.0 Å². The van der Waals surface area contributed by atoms with Crippen molar-refractivity contribution < 1.29 is 22.4 Å². The molecule has 1 aliphatic rings. The normalized spacial score (nSPS) is 19.6. The van der Waals surface area contributed by atoms with Gasteiger partial charge < -0.3 is 14.3 Å². The summed E-state index contributed by atoms with van der Waals surface area (Å²) in [6.45, 7) is 4.35. The van der Waals surface area contributed by atoms with Crippen LogP contribution in [0.3, 0.4) is 0 Å². The number of hydrogen-bond acceptors (Lipinski definition) is 5. The molecule has 0 spiro atoms. The third-order valence-corrected chi connectivity index (χ3v) is 5.03. The van der Waals surface area contributed by atoms with E-state index < -0.39 is 17.2 Å². The van der Waals surface area contributed by atoms with E-state index in [-0.39, 0.29) is 24.2 Å². The number of benzene rings is 1. The van der Waals surface area contributed by atoms with Crippen LogP contribution in [0.4, 0.5) is 13.2 Å². The summed E-state index contributed by atoms with van der Waals surface area (Å²) in [5.41, 5.74) is -0.228. The van der Waals surface area contributed by atoms with Crippen molar-refractivity contribution in [1.82, 2.24) is 25.1 Å². The lowest BCUT2D eigenvalue weighted by Crippen LogP contribution is -2.32. The molecule has 29 heavy (non-hydrogen) atoms. The van der Waals surface area contributed by atoms with Gasteiger partial charge in [0.15, 0.2) is 5.82 Å². The number of nitrogens with one attached hydrogen (secondary N) is 1. The molecule has 3 aromatic rings. The number of halogens is 3. The molecule has 1 fully saturated rings. The fraction of sp³-hybridized carbons (Fsp3) is 0.368. The largest absolute Gasteiger partial charge is 0.417 e. The van der Waals surface area contributed by atoms with Crippen molar-refractivity contribution in [2.75, 3.05) is 6.54 Å². The number of imidazole rings is 1. The Kier molecular flexibility index (Phi) is 4.44. The molecule has 4 rings (SSSR count). The van der Waals surface area contributed by atoms with E-state index in [2.05, 4.69) is 20.5 Å². The van der Waals surface area contributed by atoms with Crippen molar-refractivity contribution in [3.8, 4) is 11.7 Å². The molecule has 10 heteroatoms. The third kappa shape index (κ3) is 3.50. The van der Waals surface area contributed by atoms with Gasteiger partial charge in [-0.25, -0.2) is 4.98 Å². The summed E-state index contributed by atoms with van der Waals surface area (Å²) in [7, 11) is 0. The number of carbonyl (C=O) groups is 1. The van der Waals surface area contributed by atoms with Gasteiger partial charge in [0.1, 0.15) is 5.41 Å². The minimum Gasteiger partial charge on any atom is -0.417 e. The first-order chi connectivity index (χ1) is 13.7. The van der Waals surface area contributed by atoms with E-state index >= 15 is 0 Å². The van der Waals surface area contributed by atoms with E-state index in [4.69, 9.17) is 4.42 Å². The number of rotatable bonds is 4. The quantitative estimate of drug-likeness (QED) is 0.721. The molecule has 3 heterocycles. The third-order valence-electron chi connectivity index (χ3n) is 5.03. The SMILES string of the molecule is Cc1cn(Cc2ccc(C(F)(F)F)cc2)c(-c2nnc([C@]3(C)CCNC3=O)o2)n1. The van der Waals surface area contributed by atoms with Crippen LogP contribution in [-0.4, -0.2) is 32.2 Å². The molecular formula is C19H18F3N5O2. The zero-order chi connectivity index (χ0) is 20.8. The molecule has 1 N–H and O–H groups in total. The molecule has 1 saturated heterocycles. The Bertz CT molecular complexity index is 1050. The lowest BCUT2D eigenvalue weighted by molar-refractivity contribution is -0.137. The van der Waals surface area contributed by atoms with Gasteiger partial charge >= 0.3 is 6.18 Å². The summed E-state index contributed by atoms with van der Waals surface area (Å²) in [5, 5.41) is 10.8. The molecule has 0 unspecified atom stereocenters. The fourth-order valence-corrected chi connectivity index (χ4v) is 3.31. The maximum atomic E-state index is 12.8. The van der Waals surface area contributed by atoms with Gasteiger partial charge in [-0.05, 0) is 38.0 Å². The van der Waals surface area contributed by atoms with Crippen LogP contribution in [0, 0.1) is 6.92 Å². The van der Waals surface area contributed by atoms with Crippen LogP contribution >= 0.6 is 0 Å². The van der Waals surface area contributed by atoms with E-state index in [1.807, 2.05) is 0 Å². The highest BCUT2D eigenvalue weighted by molar-refractivity contribution is 5.88. The van der Waals surface area contributed by atoms with Gasteiger partial charge in [0.25, 0.3) is 5.89 Å². The van der Waals surface area contributed by atoms with E-state index in [1.54, 1.807) is 24.6 Å². The average molecular weight is 405 g/mol. The lowest BCUT2D eigenvalue weighted by Gasteiger charge is -2.14. The molecule has 1 aromatic carbocycles. The van der Waals surface area contributed by atoms with Gasteiger partial charge in [0.05, 0.1) is 11.3 Å². The Morgan fingerprint density at radius 1 is 1.24 bits per heavy atom. The molecule has 1 aliphatic heterocycles. The predicted molar refractivity (Wildman–Crippen MR) is 95.8 cm³/mol. The molecule has 0 radical (unpaired) electrons. The summed E-state index contributed by atoms with van der Waals surface area (Å²) < 4.78 is 45.8. The second kappa shape index (κ2) is 6.71. The predicted octanol–water partition coefficient (Wildman–Crippen LogP) is 3.09. The summed E-state index contributed by atoms with van der Waals surface area (Å²) >= 11 is 0. The smallest absolute Gasteiger partial charge is 0.416 e. The molecule has 0 bridgehead atoms. The number of carbonyl (C=O) groups excluding carboxylic acids is 1. The number of alkyl halides is 3. The highest BCUT2D eigenvalue weighted by Crippen LogP contribution is 2.32. The highest BCUT2D eigenvalue weighted by atomic mass is 19.4. The van der Waals surface area contributed by atoms with Crippen LogP contribution in [0.1, 0.15) is 36.1 Å². The van der Waals surface area contributed by atoms with Crippen LogP contribution in [0.2, 0.25) is 0 Å². The van der Waals surface area contributed by atoms with Crippen LogP contribution < -0.4 is 5.32 Å². The van der Waals surface area contributed by atoms with Gasteiger partial charge in [-0.1, -0.05) is 12.1 Å². The van der Waals surface area contributed by atoms with E-state index in [0.717, 1.165) is 12.1 Å².